The highest BCUT2D eigenvalue weighted by atomic mass is 32.2. The van der Waals surface area contributed by atoms with Gasteiger partial charge in [-0.3, -0.25) is 0 Å². The van der Waals surface area contributed by atoms with E-state index < -0.39 is 0 Å². The Labute approximate surface area is 321 Å². The van der Waals surface area contributed by atoms with Crippen LogP contribution in [0.15, 0.2) is 133 Å². The quantitative estimate of drug-likeness (QED) is 0.178. The zero-order chi connectivity index (χ0) is 35.5. The molecule has 0 bridgehead atoms. The van der Waals surface area contributed by atoms with Crippen molar-refractivity contribution in [3.8, 4) is 11.1 Å². The van der Waals surface area contributed by atoms with E-state index in [9.17, 15) is 0 Å². The molecule has 255 valence electrons. The van der Waals surface area contributed by atoms with Gasteiger partial charge in [-0.15, -0.1) is 0 Å². The number of fused-ring (bicyclic) bond motifs is 7. The Hall–Kier alpha value is -3.97. The normalized spacial score (nSPS) is 16.8. The van der Waals surface area contributed by atoms with Gasteiger partial charge in [0.1, 0.15) is 0 Å². The van der Waals surface area contributed by atoms with Crippen LogP contribution in [0.1, 0.15) is 62.8 Å². The number of nitrogens with one attached hydrogen (secondary N) is 1. The molecule has 3 aliphatic heterocycles. The van der Waals surface area contributed by atoms with E-state index in [1.165, 1.54) is 115 Å². The van der Waals surface area contributed by atoms with Gasteiger partial charge in [-0.25, -0.2) is 0 Å². The summed E-state index contributed by atoms with van der Waals surface area (Å²) in [7, 11) is 2.46. The van der Waals surface area contributed by atoms with Gasteiger partial charge in [-0.2, -0.15) is 0 Å². The van der Waals surface area contributed by atoms with Crippen molar-refractivity contribution in [2.24, 2.45) is 0 Å². The molecule has 0 saturated heterocycles. The molecular weight excluding hydrogens is 688 g/mol. The number of hydrogen-bond acceptors (Lipinski definition) is 5. The Bertz CT molecular complexity index is 2500. The minimum absolute atomic E-state index is 0.105. The van der Waals surface area contributed by atoms with Crippen LogP contribution in [0, 0.1) is 13.8 Å². The topological polar surface area (TPSA) is 15.3 Å². The highest BCUT2D eigenvalue weighted by molar-refractivity contribution is 8.05. The van der Waals surface area contributed by atoms with Crippen molar-refractivity contribution in [2.75, 3.05) is 10.2 Å². The Morgan fingerprint density at radius 2 is 1.21 bits per heavy atom. The lowest BCUT2D eigenvalue weighted by Crippen LogP contribution is -2.42. The Morgan fingerprint density at radius 1 is 0.577 bits per heavy atom. The fourth-order valence-corrected chi connectivity index (χ4v) is 11.9. The molecule has 10 rings (SSSR count). The second kappa shape index (κ2) is 11.8. The lowest BCUT2D eigenvalue weighted by Gasteiger charge is -2.44. The number of nitrogens with zero attached hydrogens (tertiary/aromatic N) is 1. The van der Waals surface area contributed by atoms with Crippen LogP contribution in [0.5, 0.6) is 0 Å². The minimum atomic E-state index is 0.105. The molecule has 6 aromatic carbocycles. The molecule has 6 aromatic rings. The van der Waals surface area contributed by atoms with Gasteiger partial charge >= 0.3 is 0 Å². The van der Waals surface area contributed by atoms with Gasteiger partial charge in [0.2, 0.25) is 0 Å². The Kier molecular flexibility index (Phi) is 7.39. The fourth-order valence-electron chi connectivity index (χ4n) is 8.61. The monoisotopic (exact) mass is 727 g/mol. The summed E-state index contributed by atoms with van der Waals surface area (Å²) in [5, 5.41) is 3.85. The molecule has 2 nitrogen and oxygen atoms in total. The van der Waals surface area contributed by atoms with Gasteiger partial charge in [0.15, 0.2) is 7.28 Å². The number of rotatable bonds is 2. The molecule has 4 aliphatic rings. The second-order valence-electron chi connectivity index (χ2n) is 16.1. The molecule has 0 amide bonds. The van der Waals surface area contributed by atoms with Gasteiger partial charge in [0.25, 0.3) is 0 Å². The molecule has 0 unspecified atom stereocenters. The summed E-state index contributed by atoms with van der Waals surface area (Å²) in [4.78, 5) is 10.4. The molecule has 6 heteroatoms. The summed E-state index contributed by atoms with van der Waals surface area (Å²) < 4.78 is 0. The molecule has 0 aromatic heterocycles. The number of benzene rings is 6. The van der Waals surface area contributed by atoms with Crippen molar-refractivity contribution in [1.29, 1.82) is 0 Å². The predicted molar refractivity (Wildman–Crippen MR) is 225 cm³/mol. The van der Waals surface area contributed by atoms with Crippen LogP contribution in [-0.2, 0) is 10.8 Å². The maximum atomic E-state index is 3.85. The predicted octanol–water partition coefficient (Wildman–Crippen LogP) is 12.6. The van der Waals surface area contributed by atoms with Gasteiger partial charge in [-0.05, 0) is 119 Å². The summed E-state index contributed by atoms with van der Waals surface area (Å²) >= 11 is 5.65. The summed E-state index contributed by atoms with van der Waals surface area (Å²) in [6.07, 6.45) is 2.40. The third-order valence-electron chi connectivity index (χ3n) is 11.6. The standard InChI is InChI=1S/C46H40BN2S3/c1-26-20-29(28-12-11-17-40-44(28)48-33-13-7-8-14-37(33)50-40)43-36(21-26)49(34-23-31-30(22-27(34)2)45(3,4)18-19-46(31,5)6)35-25-42-41(24-32(35)47-43)51-38-15-9-10-16-39(38)52-42/h7-17,20-25,48H,18-19H2,1-6H3. The fraction of sp³-hybridized carbons (Fsp3) is 0.217. The van der Waals surface area contributed by atoms with Crippen molar-refractivity contribution in [2.45, 2.75) is 94.6 Å². The largest absolute Gasteiger partial charge is 0.353 e. The molecule has 0 saturated carbocycles. The molecule has 1 N–H and O–H groups in total. The summed E-state index contributed by atoms with van der Waals surface area (Å²) in [6.45, 7) is 14.3. The van der Waals surface area contributed by atoms with Gasteiger partial charge in [0.05, 0.1) is 11.4 Å². The van der Waals surface area contributed by atoms with Crippen LogP contribution in [0.3, 0.4) is 0 Å². The van der Waals surface area contributed by atoms with Crippen LogP contribution in [0.2, 0.25) is 0 Å². The average molecular weight is 728 g/mol. The Morgan fingerprint density at radius 3 is 1.96 bits per heavy atom. The number of anilines is 5. The van der Waals surface area contributed by atoms with E-state index >= 15 is 0 Å². The highest BCUT2D eigenvalue weighted by Gasteiger charge is 2.39. The first-order valence-corrected chi connectivity index (χ1v) is 20.7. The first kappa shape index (κ1) is 32.7. The van der Waals surface area contributed by atoms with Gasteiger partial charge in [0, 0.05) is 52.0 Å². The zero-order valence-corrected chi connectivity index (χ0v) is 32.9. The molecule has 0 atom stereocenters. The third-order valence-corrected chi connectivity index (χ3v) is 15.2. The van der Waals surface area contributed by atoms with Crippen molar-refractivity contribution >= 4 is 81.9 Å². The zero-order valence-electron chi connectivity index (χ0n) is 30.5. The maximum Gasteiger partial charge on any atom is 0.197 e. The molecule has 1 aliphatic carbocycles. The van der Waals surface area contributed by atoms with E-state index in [2.05, 4.69) is 162 Å². The van der Waals surface area contributed by atoms with Crippen molar-refractivity contribution < 1.29 is 0 Å². The number of para-hydroxylation sites is 2. The van der Waals surface area contributed by atoms with E-state index in [-0.39, 0.29) is 10.8 Å². The summed E-state index contributed by atoms with van der Waals surface area (Å²) in [5.74, 6) is 0. The minimum Gasteiger partial charge on any atom is -0.353 e. The molecule has 1 radical (unpaired) electrons. The smallest absolute Gasteiger partial charge is 0.197 e. The molecule has 0 fully saturated rings. The lowest BCUT2D eigenvalue weighted by molar-refractivity contribution is 0.332. The van der Waals surface area contributed by atoms with E-state index in [1.54, 1.807) is 0 Å². The van der Waals surface area contributed by atoms with E-state index in [1.807, 2.05) is 35.3 Å². The summed E-state index contributed by atoms with van der Waals surface area (Å²) in [5.41, 5.74) is 17.0. The molecule has 52 heavy (non-hydrogen) atoms. The molecule has 3 heterocycles. The lowest BCUT2D eigenvalue weighted by atomic mass is 9.58. The first-order valence-electron chi connectivity index (χ1n) is 18.3. The van der Waals surface area contributed by atoms with Crippen molar-refractivity contribution in [1.82, 2.24) is 0 Å². The maximum absolute atomic E-state index is 3.85. The van der Waals surface area contributed by atoms with Crippen LogP contribution >= 0.6 is 35.3 Å². The third kappa shape index (κ3) is 5.12. The Balaban J connectivity index is 1.21. The molecule has 0 spiro atoms. The highest BCUT2D eigenvalue weighted by Crippen LogP contribution is 2.53. The van der Waals surface area contributed by atoms with E-state index in [0.29, 0.717) is 0 Å². The van der Waals surface area contributed by atoms with Crippen molar-refractivity contribution in [3.05, 3.63) is 125 Å². The number of hydrogen-bond donors (Lipinski definition) is 1. The number of aryl methyl sites for hydroxylation is 2. The average Bonchev–Trinajstić information content (AvgIpc) is 3.13. The van der Waals surface area contributed by atoms with Crippen molar-refractivity contribution in [3.63, 3.8) is 0 Å². The van der Waals surface area contributed by atoms with Gasteiger partial charge < -0.3 is 10.2 Å². The van der Waals surface area contributed by atoms with Gasteiger partial charge in [-0.1, -0.05) is 123 Å². The van der Waals surface area contributed by atoms with Crippen LogP contribution in [0.25, 0.3) is 11.1 Å². The van der Waals surface area contributed by atoms with Crippen LogP contribution in [0.4, 0.5) is 28.4 Å². The van der Waals surface area contributed by atoms with E-state index in [4.69, 9.17) is 0 Å². The second-order valence-corrected chi connectivity index (χ2v) is 19.3. The summed E-state index contributed by atoms with van der Waals surface area (Å²) in [6, 6.07) is 39.0. The van der Waals surface area contributed by atoms with Crippen LogP contribution in [-0.4, -0.2) is 7.28 Å². The van der Waals surface area contributed by atoms with Crippen LogP contribution < -0.4 is 21.1 Å². The van der Waals surface area contributed by atoms with E-state index in [0.717, 1.165) is 0 Å². The first-order chi connectivity index (χ1) is 25.0. The SMILES string of the molecule is Cc1cc(-c2cccc3c2Nc2ccccc2S3)c2c(c1)N(c1cc3c(cc1C)C(C)(C)CCC3(C)C)c1cc3c(cc1[B]2)Sc1ccccc1S3. The molecular formula is C46H40BN2S3.